The molecule has 6 nitrogen and oxygen atoms in total. The van der Waals surface area contributed by atoms with Crippen molar-refractivity contribution in [3.05, 3.63) is 0 Å². The van der Waals surface area contributed by atoms with Crippen molar-refractivity contribution in [2.75, 3.05) is 13.2 Å². The van der Waals surface area contributed by atoms with E-state index in [-0.39, 0.29) is 31.1 Å². The molecule has 1 unspecified atom stereocenters. The van der Waals surface area contributed by atoms with Gasteiger partial charge in [-0.1, -0.05) is 285 Å². The van der Waals surface area contributed by atoms with Crippen molar-refractivity contribution < 1.29 is 28.6 Å². The summed E-state index contributed by atoms with van der Waals surface area (Å²) in [5, 5.41) is 0. The van der Waals surface area contributed by atoms with Crippen LogP contribution >= 0.6 is 0 Å². The fraction of sp³-hybridized carbons (Fsp3) is 0.947. The van der Waals surface area contributed by atoms with Gasteiger partial charge in [-0.05, 0) is 25.2 Å². The van der Waals surface area contributed by atoms with Gasteiger partial charge >= 0.3 is 17.9 Å². The zero-order valence-corrected chi connectivity index (χ0v) is 43.0. The van der Waals surface area contributed by atoms with Crippen molar-refractivity contribution >= 4 is 17.9 Å². The average molecular weight is 892 g/mol. The van der Waals surface area contributed by atoms with Crippen molar-refractivity contribution in [3.8, 4) is 0 Å². The first-order valence-corrected chi connectivity index (χ1v) is 28.4. The topological polar surface area (TPSA) is 78.9 Å². The lowest BCUT2D eigenvalue weighted by atomic mass is 9.99. The molecule has 0 aromatic rings. The van der Waals surface area contributed by atoms with Crippen molar-refractivity contribution in [2.45, 2.75) is 329 Å². The van der Waals surface area contributed by atoms with Gasteiger partial charge in [0.2, 0.25) is 0 Å². The molecule has 0 spiro atoms. The second-order valence-electron chi connectivity index (χ2n) is 19.8. The molecule has 374 valence electrons. The van der Waals surface area contributed by atoms with Crippen molar-refractivity contribution in [3.63, 3.8) is 0 Å². The van der Waals surface area contributed by atoms with E-state index in [1.54, 1.807) is 0 Å². The maximum Gasteiger partial charge on any atom is 0.306 e. The lowest BCUT2D eigenvalue weighted by molar-refractivity contribution is -0.167. The third-order valence-corrected chi connectivity index (χ3v) is 13.4. The predicted molar refractivity (Wildman–Crippen MR) is 270 cm³/mol. The third-order valence-electron chi connectivity index (χ3n) is 13.4. The minimum Gasteiger partial charge on any atom is -0.462 e. The zero-order valence-electron chi connectivity index (χ0n) is 43.0. The van der Waals surface area contributed by atoms with Crippen molar-refractivity contribution in [2.24, 2.45) is 5.92 Å². The summed E-state index contributed by atoms with van der Waals surface area (Å²) < 4.78 is 16.8. The molecule has 0 aliphatic carbocycles. The fourth-order valence-corrected chi connectivity index (χ4v) is 8.72. The Morgan fingerprint density at radius 2 is 0.556 bits per heavy atom. The molecule has 0 N–H and O–H groups in total. The molecule has 0 aromatic carbocycles. The minimum absolute atomic E-state index is 0.0621. The highest BCUT2D eigenvalue weighted by atomic mass is 16.6. The Hall–Kier alpha value is -1.59. The van der Waals surface area contributed by atoms with Crippen LogP contribution in [-0.2, 0) is 28.6 Å². The molecule has 0 saturated carbocycles. The first-order chi connectivity index (χ1) is 30.9. The molecule has 0 rings (SSSR count). The molecular weight excluding hydrogens is 781 g/mol. The number of rotatable bonds is 52. The van der Waals surface area contributed by atoms with Gasteiger partial charge in [0.05, 0.1) is 0 Å². The van der Waals surface area contributed by atoms with Crippen LogP contribution in [0.1, 0.15) is 323 Å². The van der Waals surface area contributed by atoms with E-state index in [1.807, 2.05) is 0 Å². The second-order valence-corrected chi connectivity index (χ2v) is 19.8. The van der Waals surface area contributed by atoms with Crippen LogP contribution in [0.15, 0.2) is 0 Å². The minimum atomic E-state index is -0.760. The van der Waals surface area contributed by atoms with Crippen molar-refractivity contribution in [1.29, 1.82) is 0 Å². The molecule has 0 saturated heterocycles. The Bertz CT molecular complexity index is 951. The summed E-state index contributed by atoms with van der Waals surface area (Å²) in [6, 6.07) is 0. The summed E-state index contributed by atoms with van der Waals surface area (Å²) in [5.74, 6) is 0.0704. The summed E-state index contributed by atoms with van der Waals surface area (Å²) in [5.41, 5.74) is 0. The van der Waals surface area contributed by atoms with Crippen LogP contribution in [0, 0.1) is 5.92 Å². The third kappa shape index (κ3) is 49.7. The normalized spacial score (nSPS) is 12.4. The summed E-state index contributed by atoms with van der Waals surface area (Å²) in [6.45, 7) is 9.08. The Balaban J connectivity index is 4.18. The summed E-state index contributed by atoms with van der Waals surface area (Å²) in [7, 11) is 0. The molecule has 2 atom stereocenters. The maximum absolute atomic E-state index is 12.8. The Kier molecular flexibility index (Phi) is 50.1. The van der Waals surface area contributed by atoms with E-state index in [1.165, 1.54) is 218 Å². The molecule has 0 fully saturated rings. The highest BCUT2D eigenvalue weighted by molar-refractivity contribution is 5.71. The van der Waals surface area contributed by atoms with E-state index in [9.17, 15) is 14.4 Å². The summed E-state index contributed by atoms with van der Waals surface area (Å²) >= 11 is 0. The number of carbonyl (C=O) groups is 3. The standard InChI is InChI=1S/C57H110O6/c1-5-8-10-12-14-16-18-25-30-34-38-42-46-50-57(60)63-54(51-61-55(58)48-44-40-36-32-17-15-13-11-9-6-2)52-62-56(59)49-45-41-37-33-29-27-24-22-20-19-21-23-26-28-31-35-39-43-47-53(4)7-3/h53-54H,5-52H2,1-4H3/t53?,54-/m1/s1. The van der Waals surface area contributed by atoms with E-state index < -0.39 is 6.10 Å². The van der Waals surface area contributed by atoms with Gasteiger partial charge in [0.25, 0.3) is 0 Å². The number of esters is 3. The second kappa shape index (κ2) is 51.4. The van der Waals surface area contributed by atoms with Gasteiger partial charge in [-0.15, -0.1) is 0 Å². The van der Waals surface area contributed by atoms with Gasteiger partial charge < -0.3 is 14.2 Å². The molecule has 0 aliphatic rings. The van der Waals surface area contributed by atoms with E-state index in [0.29, 0.717) is 19.3 Å². The quantitative estimate of drug-likeness (QED) is 0.0344. The zero-order chi connectivity index (χ0) is 45.9. The maximum atomic E-state index is 12.8. The largest absolute Gasteiger partial charge is 0.462 e. The molecule has 6 heteroatoms. The molecule has 0 heterocycles. The fourth-order valence-electron chi connectivity index (χ4n) is 8.72. The highest BCUT2D eigenvalue weighted by Crippen LogP contribution is 2.18. The Labute approximate surface area is 393 Å². The van der Waals surface area contributed by atoms with Gasteiger partial charge in [-0.25, -0.2) is 0 Å². The molecular formula is C57H110O6. The Morgan fingerprint density at radius 3 is 0.825 bits per heavy atom. The lowest BCUT2D eigenvalue weighted by Gasteiger charge is -2.18. The average Bonchev–Trinajstić information content (AvgIpc) is 3.28. The number of ether oxygens (including phenoxy) is 3. The van der Waals surface area contributed by atoms with Crippen LogP contribution in [0.3, 0.4) is 0 Å². The van der Waals surface area contributed by atoms with Crippen LogP contribution in [0.4, 0.5) is 0 Å². The predicted octanol–water partition coefficient (Wildman–Crippen LogP) is 18.6. The number of hydrogen-bond donors (Lipinski definition) is 0. The van der Waals surface area contributed by atoms with Gasteiger partial charge in [-0.2, -0.15) is 0 Å². The van der Waals surface area contributed by atoms with Gasteiger partial charge in [0.1, 0.15) is 13.2 Å². The van der Waals surface area contributed by atoms with E-state index in [4.69, 9.17) is 14.2 Å². The van der Waals surface area contributed by atoms with E-state index >= 15 is 0 Å². The molecule has 63 heavy (non-hydrogen) atoms. The van der Waals surface area contributed by atoms with Gasteiger partial charge in [-0.3, -0.25) is 14.4 Å². The van der Waals surface area contributed by atoms with Crippen LogP contribution in [0.25, 0.3) is 0 Å². The monoisotopic (exact) mass is 891 g/mol. The number of unbranched alkanes of at least 4 members (excludes halogenated alkanes) is 38. The SMILES string of the molecule is CCCCCCCCCCCCCCCC(=O)O[C@H](COC(=O)CCCCCCCCCCCC)COC(=O)CCCCCCCCCCCCCCCCCCCCC(C)CC. The molecule has 0 bridgehead atoms. The van der Waals surface area contributed by atoms with Gasteiger partial charge in [0.15, 0.2) is 6.10 Å². The molecule has 0 aromatic heterocycles. The highest BCUT2D eigenvalue weighted by Gasteiger charge is 2.19. The first-order valence-electron chi connectivity index (χ1n) is 28.4. The van der Waals surface area contributed by atoms with Crippen molar-refractivity contribution in [1.82, 2.24) is 0 Å². The molecule has 0 radical (unpaired) electrons. The van der Waals surface area contributed by atoms with E-state index in [0.717, 1.165) is 63.7 Å². The van der Waals surface area contributed by atoms with Crippen LogP contribution in [0.2, 0.25) is 0 Å². The lowest BCUT2D eigenvalue weighted by Crippen LogP contribution is -2.30. The molecule has 0 amide bonds. The van der Waals surface area contributed by atoms with Crippen LogP contribution < -0.4 is 0 Å². The Morgan fingerprint density at radius 1 is 0.317 bits per heavy atom. The first kappa shape index (κ1) is 61.4. The van der Waals surface area contributed by atoms with Gasteiger partial charge in [0, 0.05) is 19.3 Å². The van der Waals surface area contributed by atoms with Crippen LogP contribution in [-0.4, -0.2) is 37.2 Å². The smallest absolute Gasteiger partial charge is 0.306 e. The number of hydrogen-bond acceptors (Lipinski definition) is 6. The van der Waals surface area contributed by atoms with E-state index in [2.05, 4.69) is 27.7 Å². The number of carbonyl (C=O) groups excluding carboxylic acids is 3. The van der Waals surface area contributed by atoms with Crippen LogP contribution in [0.5, 0.6) is 0 Å². The summed E-state index contributed by atoms with van der Waals surface area (Å²) in [6.07, 6.45) is 55.2. The molecule has 0 aliphatic heterocycles. The summed E-state index contributed by atoms with van der Waals surface area (Å²) in [4.78, 5) is 38.0.